The van der Waals surface area contributed by atoms with Crippen LogP contribution in [0.3, 0.4) is 0 Å². The molecule has 0 bridgehead atoms. The molecule has 2 atom stereocenters. The number of carbonyl (C=O) groups is 1. The molecule has 1 aromatic rings. The SMILES string of the molecule is C=C1NC2=C(C(=O)CCC2)C(c2ccc([N+](=O)[O-])cc2)C1C#N. The summed E-state index contributed by atoms with van der Waals surface area (Å²) in [5.74, 6) is -0.954. The summed E-state index contributed by atoms with van der Waals surface area (Å²) in [5.41, 5.74) is 2.75. The van der Waals surface area contributed by atoms with E-state index in [1.807, 2.05) is 0 Å². The molecule has 23 heavy (non-hydrogen) atoms. The Bertz CT molecular complexity index is 771. The lowest BCUT2D eigenvalue weighted by atomic mass is 9.72. The number of nitriles is 1. The quantitative estimate of drug-likeness (QED) is 0.669. The highest BCUT2D eigenvalue weighted by Gasteiger charge is 2.39. The van der Waals surface area contributed by atoms with E-state index in [1.54, 1.807) is 12.1 Å². The number of hydrogen-bond acceptors (Lipinski definition) is 5. The summed E-state index contributed by atoms with van der Waals surface area (Å²) in [5, 5.41) is 23.4. The molecule has 0 saturated carbocycles. The first-order valence-electron chi connectivity index (χ1n) is 7.39. The van der Waals surface area contributed by atoms with Crippen molar-refractivity contribution in [2.75, 3.05) is 0 Å². The van der Waals surface area contributed by atoms with Crippen LogP contribution in [0, 0.1) is 27.4 Å². The van der Waals surface area contributed by atoms with Crippen molar-refractivity contribution in [1.82, 2.24) is 5.32 Å². The number of nitrogens with one attached hydrogen (secondary N) is 1. The van der Waals surface area contributed by atoms with Crippen molar-refractivity contribution >= 4 is 11.5 Å². The first kappa shape index (κ1) is 15.0. The smallest absolute Gasteiger partial charge is 0.269 e. The van der Waals surface area contributed by atoms with Gasteiger partial charge >= 0.3 is 0 Å². The van der Waals surface area contributed by atoms with Crippen molar-refractivity contribution in [1.29, 1.82) is 5.26 Å². The summed E-state index contributed by atoms with van der Waals surface area (Å²) in [6, 6.07) is 8.27. The van der Waals surface area contributed by atoms with Crippen molar-refractivity contribution in [3.05, 3.63) is 63.5 Å². The summed E-state index contributed by atoms with van der Waals surface area (Å²) >= 11 is 0. The second-order valence-electron chi connectivity index (χ2n) is 5.75. The Kier molecular flexibility index (Phi) is 3.70. The van der Waals surface area contributed by atoms with E-state index in [1.165, 1.54) is 12.1 Å². The number of non-ortho nitro benzene ring substituents is 1. The first-order chi connectivity index (χ1) is 11.0. The van der Waals surface area contributed by atoms with Gasteiger partial charge in [0.2, 0.25) is 0 Å². The number of rotatable bonds is 2. The lowest BCUT2D eigenvalue weighted by molar-refractivity contribution is -0.384. The van der Waals surface area contributed by atoms with Gasteiger partial charge in [0, 0.05) is 41.4 Å². The monoisotopic (exact) mass is 309 g/mol. The summed E-state index contributed by atoms with van der Waals surface area (Å²) < 4.78 is 0. The minimum absolute atomic E-state index is 0.0146. The number of nitro groups is 1. The van der Waals surface area contributed by atoms with Crippen LogP contribution in [0.2, 0.25) is 0 Å². The van der Waals surface area contributed by atoms with E-state index in [2.05, 4.69) is 18.0 Å². The molecule has 0 radical (unpaired) electrons. The number of carbonyl (C=O) groups excluding carboxylic acids is 1. The van der Waals surface area contributed by atoms with Gasteiger partial charge in [0.25, 0.3) is 5.69 Å². The van der Waals surface area contributed by atoms with Gasteiger partial charge in [-0.1, -0.05) is 18.7 Å². The number of hydrogen-bond donors (Lipinski definition) is 1. The van der Waals surface area contributed by atoms with Crippen LogP contribution >= 0.6 is 0 Å². The third kappa shape index (κ3) is 2.50. The van der Waals surface area contributed by atoms with Crippen LogP contribution in [0.15, 0.2) is 47.8 Å². The van der Waals surface area contributed by atoms with Gasteiger partial charge in [-0.2, -0.15) is 5.26 Å². The maximum Gasteiger partial charge on any atom is 0.269 e. The predicted octanol–water partition coefficient (Wildman–Crippen LogP) is 2.94. The molecular weight excluding hydrogens is 294 g/mol. The summed E-state index contributed by atoms with van der Waals surface area (Å²) in [4.78, 5) is 22.7. The number of allylic oxidation sites excluding steroid dienone is 3. The Morgan fingerprint density at radius 3 is 2.61 bits per heavy atom. The zero-order valence-corrected chi connectivity index (χ0v) is 12.4. The minimum atomic E-state index is -0.572. The molecule has 1 aromatic carbocycles. The van der Waals surface area contributed by atoms with E-state index in [9.17, 15) is 20.2 Å². The molecule has 1 aliphatic carbocycles. The second kappa shape index (κ2) is 5.69. The average molecular weight is 309 g/mol. The Hall–Kier alpha value is -2.94. The van der Waals surface area contributed by atoms with Crippen LogP contribution < -0.4 is 5.32 Å². The minimum Gasteiger partial charge on any atom is -0.361 e. The third-order valence-electron chi connectivity index (χ3n) is 4.39. The highest BCUT2D eigenvalue weighted by Crippen LogP contribution is 2.43. The number of nitro benzene ring substituents is 1. The highest BCUT2D eigenvalue weighted by molar-refractivity contribution is 5.99. The van der Waals surface area contributed by atoms with Crippen LogP contribution in [-0.2, 0) is 4.79 Å². The van der Waals surface area contributed by atoms with Gasteiger partial charge in [0.15, 0.2) is 5.78 Å². The third-order valence-corrected chi connectivity index (χ3v) is 4.39. The average Bonchev–Trinajstić information content (AvgIpc) is 2.54. The molecule has 1 aliphatic heterocycles. The number of ketones is 1. The fraction of sp³-hybridized carbons (Fsp3) is 0.294. The van der Waals surface area contributed by atoms with Crippen molar-refractivity contribution in [2.45, 2.75) is 25.2 Å². The maximum atomic E-state index is 12.4. The summed E-state index contributed by atoms with van der Waals surface area (Å²) in [7, 11) is 0. The molecule has 3 rings (SSSR count). The fourth-order valence-electron chi connectivity index (χ4n) is 3.31. The van der Waals surface area contributed by atoms with Gasteiger partial charge in [-0.15, -0.1) is 0 Å². The van der Waals surface area contributed by atoms with Gasteiger partial charge in [0.1, 0.15) is 0 Å². The molecule has 6 nitrogen and oxygen atoms in total. The van der Waals surface area contributed by atoms with Crippen molar-refractivity contribution in [3.8, 4) is 6.07 Å². The fourth-order valence-corrected chi connectivity index (χ4v) is 3.31. The number of nitrogens with zero attached hydrogens (tertiary/aromatic N) is 2. The maximum absolute atomic E-state index is 12.4. The number of benzene rings is 1. The standard InChI is InChI=1S/C17H15N3O3/c1-10-13(9-18)16(11-5-7-12(8-6-11)20(22)23)17-14(19-10)3-2-4-15(17)21/h5-8,13,16,19H,1-4H2. The molecule has 116 valence electrons. The van der Waals surface area contributed by atoms with Gasteiger partial charge in [-0.25, -0.2) is 0 Å². The predicted molar refractivity (Wildman–Crippen MR) is 83.1 cm³/mol. The van der Waals surface area contributed by atoms with Crippen LogP contribution in [-0.4, -0.2) is 10.7 Å². The van der Waals surface area contributed by atoms with E-state index < -0.39 is 16.8 Å². The van der Waals surface area contributed by atoms with E-state index in [-0.39, 0.29) is 11.5 Å². The van der Waals surface area contributed by atoms with Crippen LogP contribution in [0.25, 0.3) is 0 Å². The zero-order valence-electron chi connectivity index (χ0n) is 12.4. The van der Waals surface area contributed by atoms with Crippen molar-refractivity contribution in [2.24, 2.45) is 5.92 Å². The van der Waals surface area contributed by atoms with E-state index in [4.69, 9.17) is 0 Å². The van der Waals surface area contributed by atoms with Crippen LogP contribution in [0.4, 0.5) is 5.69 Å². The van der Waals surface area contributed by atoms with Crippen LogP contribution in [0.5, 0.6) is 0 Å². The molecule has 1 heterocycles. The van der Waals surface area contributed by atoms with Gasteiger partial charge in [-0.05, 0) is 18.4 Å². The lowest BCUT2D eigenvalue weighted by Crippen LogP contribution is -2.36. The molecule has 0 fully saturated rings. The topological polar surface area (TPSA) is 96.0 Å². The molecule has 1 N–H and O–H groups in total. The second-order valence-corrected chi connectivity index (χ2v) is 5.75. The molecule has 0 aromatic heterocycles. The molecule has 2 aliphatic rings. The van der Waals surface area contributed by atoms with Crippen molar-refractivity contribution < 1.29 is 9.72 Å². The Labute approximate surface area is 133 Å². The molecule has 0 spiro atoms. The van der Waals surface area contributed by atoms with Gasteiger partial charge in [0.05, 0.1) is 16.9 Å². The van der Waals surface area contributed by atoms with Crippen molar-refractivity contribution in [3.63, 3.8) is 0 Å². The van der Waals surface area contributed by atoms with Crippen LogP contribution in [0.1, 0.15) is 30.7 Å². The normalized spacial score (nSPS) is 23.8. The lowest BCUT2D eigenvalue weighted by Gasteiger charge is -2.36. The Morgan fingerprint density at radius 2 is 2.00 bits per heavy atom. The summed E-state index contributed by atoms with van der Waals surface area (Å²) in [6.07, 6.45) is 2.00. The molecular formula is C17H15N3O3. The zero-order chi connectivity index (χ0) is 16.6. The molecule has 6 heteroatoms. The molecule has 0 saturated heterocycles. The largest absolute Gasteiger partial charge is 0.361 e. The van der Waals surface area contributed by atoms with Gasteiger partial charge < -0.3 is 5.32 Å². The van der Waals surface area contributed by atoms with Gasteiger partial charge in [-0.3, -0.25) is 14.9 Å². The first-order valence-corrected chi connectivity index (χ1v) is 7.39. The van der Waals surface area contributed by atoms with E-state index in [0.29, 0.717) is 17.7 Å². The number of Topliss-reactive ketones (excluding diaryl/α,β-unsaturated/α-hetero) is 1. The summed E-state index contributed by atoms with van der Waals surface area (Å²) in [6.45, 7) is 3.92. The molecule has 0 amide bonds. The highest BCUT2D eigenvalue weighted by atomic mass is 16.6. The van der Waals surface area contributed by atoms with E-state index >= 15 is 0 Å². The Balaban J connectivity index is 2.11. The Morgan fingerprint density at radius 1 is 1.30 bits per heavy atom. The molecule has 2 unspecified atom stereocenters. The van der Waals surface area contributed by atoms with E-state index in [0.717, 1.165) is 24.1 Å².